The molecular weight excluding hydrogens is 170 g/mol. The van der Waals surface area contributed by atoms with Crippen molar-refractivity contribution in [3.05, 3.63) is 29.6 Å². The molecule has 13 heavy (non-hydrogen) atoms. The first-order valence-corrected chi connectivity index (χ1v) is 3.83. The molecule has 0 aliphatic rings. The molecule has 0 atom stereocenters. The van der Waals surface area contributed by atoms with Gasteiger partial charge in [-0.15, -0.1) is 0 Å². The zero-order valence-corrected chi connectivity index (χ0v) is 6.92. The van der Waals surface area contributed by atoms with Gasteiger partial charge in [-0.25, -0.2) is 4.39 Å². The van der Waals surface area contributed by atoms with E-state index < -0.39 is 5.82 Å². The van der Waals surface area contributed by atoms with Crippen LogP contribution in [0.3, 0.4) is 0 Å². The normalized spacial score (nSPS) is 9.23. The fourth-order valence-electron chi connectivity index (χ4n) is 0.976. The lowest BCUT2D eigenvalue weighted by Crippen LogP contribution is -2.09. The zero-order valence-electron chi connectivity index (χ0n) is 6.92. The number of nitrogens with zero attached hydrogens (tertiary/aromatic N) is 1. The quantitative estimate of drug-likeness (QED) is 0.415. The maximum Gasteiger partial charge on any atom is 0.176 e. The van der Waals surface area contributed by atoms with Crippen LogP contribution >= 0.6 is 0 Å². The Hall–Kier alpha value is -1.76. The van der Waals surface area contributed by atoms with Crippen LogP contribution in [0.5, 0.6) is 5.75 Å². The minimum absolute atomic E-state index is 0.352. The molecule has 0 spiro atoms. The van der Waals surface area contributed by atoms with Gasteiger partial charge in [0.15, 0.2) is 17.8 Å². The second-order valence-electron chi connectivity index (χ2n) is 2.57. The lowest BCUT2D eigenvalue weighted by molar-refractivity contribution is 0.431. The number of hydrogen-bond acceptors (Lipinski definition) is 3. The van der Waals surface area contributed by atoms with Gasteiger partial charge in [0, 0.05) is 6.54 Å². The number of aromatic hydroxyl groups is 1. The molecule has 2 N–H and O–H groups in total. The van der Waals surface area contributed by atoms with Crippen molar-refractivity contribution in [2.45, 2.75) is 6.42 Å². The smallest absolute Gasteiger partial charge is 0.176 e. The van der Waals surface area contributed by atoms with Crippen LogP contribution in [0.25, 0.3) is 0 Å². The summed E-state index contributed by atoms with van der Waals surface area (Å²) in [5.41, 5.74) is 0.793. The molecule has 68 valence electrons. The van der Waals surface area contributed by atoms with Gasteiger partial charge in [0.2, 0.25) is 0 Å². The standard InChI is InChI=1S/C9H9FN2O/c10-8-2-1-7(5-9(8)13)3-4-12-6-11/h1-2,5,12-13H,3-4H2/i6-1. The highest BCUT2D eigenvalue weighted by molar-refractivity contribution is 5.29. The fourth-order valence-corrected chi connectivity index (χ4v) is 0.976. The van der Waals surface area contributed by atoms with Gasteiger partial charge in [-0.1, -0.05) is 6.07 Å². The van der Waals surface area contributed by atoms with Crippen molar-refractivity contribution in [1.29, 1.82) is 5.26 Å². The minimum atomic E-state index is -0.628. The average Bonchev–Trinajstić information content (AvgIpc) is 2.12. The van der Waals surface area contributed by atoms with Crippen LogP contribution < -0.4 is 5.32 Å². The number of nitriles is 1. The second kappa shape index (κ2) is 4.31. The predicted octanol–water partition coefficient (Wildman–Crippen LogP) is 1.14. The molecule has 3 nitrogen and oxygen atoms in total. The molecule has 4 heteroatoms. The Kier molecular flexibility index (Phi) is 3.09. The van der Waals surface area contributed by atoms with Gasteiger partial charge in [0.1, 0.15) is 0 Å². The number of nitrogens with one attached hydrogen (secondary N) is 1. The Balaban J connectivity index is 2.59. The monoisotopic (exact) mass is 179 g/mol. The molecule has 0 aliphatic heterocycles. The highest BCUT2D eigenvalue weighted by Crippen LogP contribution is 2.16. The first-order chi connectivity index (χ1) is 6.24. The molecule has 0 radical (unpaired) electrons. The third kappa shape index (κ3) is 2.64. The predicted molar refractivity (Wildman–Crippen MR) is 45.4 cm³/mol. The molecule has 1 rings (SSSR count). The number of phenolic OH excluding ortho intramolecular Hbond substituents is 1. The molecule has 0 unspecified atom stereocenters. The van der Waals surface area contributed by atoms with Crippen molar-refractivity contribution < 1.29 is 9.50 Å². The average molecular weight is 179 g/mol. The Labute approximate surface area is 75.4 Å². The molecule has 0 aliphatic carbocycles. The molecule has 0 saturated carbocycles. The fraction of sp³-hybridized carbons (Fsp3) is 0.222. The summed E-state index contributed by atoms with van der Waals surface area (Å²) in [4.78, 5) is 0. The van der Waals surface area contributed by atoms with Gasteiger partial charge in [0.05, 0.1) is 0 Å². The summed E-state index contributed by atoms with van der Waals surface area (Å²) in [5.74, 6) is -0.980. The van der Waals surface area contributed by atoms with Crippen molar-refractivity contribution in [3.63, 3.8) is 0 Å². The summed E-state index contributed by atoms with van der Waals surface area (Å²) in [5, 5.41) is 19.6. The van der Waals surface area contributed by atoms with Crippen LogP contribution in [-0.2, 0) is 6.42 Å². The third-order valence-electron chi connectivity index (χ3n) is 1.63. The topological polar surface area (TPSA) is 56.0 Å². The summed E-state index contributed by atoms with van der Waals surface area (Å²) < 4.78 is 12.6. The third-order valence-corrected chi connectivity index (χ3v) is 1.63. The van der Waals surface area contributed by atoms with Gasteiger partial charge in [0.25, 0.3) is 0 Å². The van der Waals surface area contributed by atoms with Crippen molar-refractivity contribution >= 4 is 0 Å². The first kappa shape index (κ1) is 9.33. The molecule has 0 fully saturated rings. The van der Waals surface area contributed by atoms with Gasteiger partial charge < -0.3 is 10.4 Å². The highest BCUT2D eigenvalue weighted by atomic mass is 19.1. The van der Waals surface area contributed by atoms with Crippen molar-refractivity contribution in [3.8, 4) is 11.9 Å². The van der Waals surface area contributed by atoms with Gasteiger partial charge in [-0.2, -0.15) is 5.26 Å². The Bertz CT molecular complexity index is 333. The zero-order chi connectivity index (χ0) is 9.68. The van der Waals surface area contributed by atoms with Crippen LogP contribution in [0.15, 0.2) is 18.2 Å². The van der Waals surface area contributed by atoms with Crippen molar-refractivity contribution in [2.24, 2.45) is 0 Å². The van der Waals surface area contributed by atoms with Gasteiger partial charge in [-0.3, -0.25) is 0 Å². The lowest BCUT2D eigenvalue weighted by Gasteiger charge is -2.01. The maximum absolute atomic E-state index is 12.6. The van der Waals surface area contributed by atoms with Crippen LogP contribution in [0.2, 0.25) is 0 Å². The summed E-state index contributed by atoms with van der Waals surface area (Å²) >= 11 is 0. The van der Waals surface area contributed by atoms with E-state index >= 15 is 0 Å². The van der Waals surface area contributed by atoms with E-state index in [1.165, 1.54) is 12.1 Å². The Morgan fingerprint density at radius 1 is 1.54 bits per heavy atom. The summed E-state index contributed by atoms with van der Waals surface area (Å²) in [6.07, 6.45) is 2.36. The summed E-state index contributed by atoms with van der Waals surface area (Å²) in [7, 11) is 0. The number of hydrogen-bond donors (Lipinski definition) is 2. The number of rotatable bonds is 3. The van der Waals surface area contributed by atoms with Crippen molar-refractivity contribution in [2.75, 3.05) is 6.54 Å². The lowest BCUT2D eigenvalue weighted by atomic mass is 10.1. The Morgan fingerprint density at radius 2 is 2.31 bits per heavy atom. The van der Waals surface area contributed by atoms with E-state index in [0.717, 1.165) is 5.56 Å². The Morgan fingerprint density at radius 3 is 2.92 bits per heavy atom. The van der Waals surface area contributed by atoms with Crippen LogP contribution in [-0.4, -0.2) is 11.7 Å². The van der Waals surface area contributed by atoms with E-state index in [1.54, 1.807) is 12.3 Å². The largest absolute Gasteiger partial charge is 0.505 e. The molecule has 1 aromatic carbocycles. The molecular formula is C9H9FN2O. The van der Waals surface area contributed by atoms with Gasteiger partial charge >= 0.3 is 0 Å². The molecule has 0 aromatic heterocycles. The summed E-state index contributed by atoms with van der Waals surface area (Å²) in [6, 6.07) is 4.14. The van der Waals surface area contributed by atoms with Crippen LogP contribution in [0.1, 0.15) is 5.56 Å². The van der Waals surface area contributed by atoms with E-state index in [4.69, 9.17) is 10.4 Å². The number of phenols is 1. The second-order valence-corrected chi connectivity index (χ2v) is 2.57. The minimum Gasteiger partial charge on any atom is -0.505 e. The van der Waals surface area contributed by atoms with Gasteiger partial charge in [-0.05, 0) is 24.1 Å². The molecule has 0 heterocycles. The van der Waals surface area contributed by atoms with E-state index in [1.807, 2.05) is 0 Å². The van der Waals surface area contributed by atoms with Crippen LogP contribution in [0.4, 0.5) is 4.39 Å². The number of benzene rings is 1. The molecule has 1 aromatic rings. The highest BCUT2D eigenvalue weighted by Gasteiger charge is 2.00. The van der Waals surface area contributed by atoms with E-state index in [-0.39, 0.29) is 5.75 Å². The maximum atomic E-state index is 12.6. The SMILES string of the molecule is N#[11C]NCCc1ccc(F)c(O)c1. The van der Waals surface area contributed by atoms with E-state index in [0.29, 0.717) is 13.0 Å². The first-order valence-electron chi connectivity index (χ1n) is 3.83. The molecule has 0 amide bonds. The van der Waals surface area contributed by atoms with Crippen LogP contribution in [0, 0.1) is 17.3 Å². The molecule has 0 bridgehead atoms. The number of halogens is 1. The van der Waals surface area contributed by atoms with E-state index in [2.05, 4.69) is 5.32 Å². The van der Waals surface area contributed by atoms with Crippen molar-refractivity contribution in [1.82, 2.24) is 5.32 Å². The van der Waals surface area contributed by atoms with E-state index in [9.17, 15) is 4.39 Å². The summed E-state index contributed by atoms with van der Waals surface area (Å²) in [6.45, 7) is 0.488. The molecule has 0 saturated heterocycles.